The van der Waals surface area contributed by atoms with Gasteiger partial charge in [-0.3, -0.25) is 0 Å². The normalized spacial score (nSPS) is 15.0. The fourth-order valence-electron chi connectivity index (χ4n) is 1.61. The van der Waals surface area contributed by atoms with Gasteiger partial charge in [0.05, 0.1) is 12.1 Å². The monoisotopic (exact) mass is 261 g/mol. The van der Waals surface area contributed by atoms with Crippen LogP contribution < -0.4 is 5.73 Å². The van der Waals surface area contributed by atoms with E-state index in [4.69, 9.17) is 5.73 Å². The predicted molar refractivity (Wildman–Crippen MR) is 70.8 cm³/mol. The summed E-state index contributed by atoms with van der Waals surface area (Å²) in [6, 6.07) is 4.18. The van der Waals surface area contributed by atoms with E-state index in [0.29, 0.717) is 5.56 Å². The van der Waals surface area contributed by atoms with Gasteiger partial charge >= 0.3 is 0 Å². The molecule has 1 aromatic rings. The van der Waals surface area contributed by atoms with E-state index in [1.54, 1.807) is 12.1 Å². The van der Waals surface area contributed by atoms with E-state index in [1.807, 2.05) is 27.7 Å². The first-order valence-electron chi connectivity index (χ1n) is 5.43. The zero-order chi connectivity index (χ0) is 12.5. The maximum absolute atomic E-state index is 13.7. The van der Waals surface area contributed by atoms with E-state index >= 15 is 0 Å². The second-order valence-electron chi connectivity index (χ2n) is 5.36. The number of halogens is 2. The summed E-state index contributed by atoms with van der Waals surface area (Å²) in [6.07, 6.45) is -0.773. The topological polar surface area (TPSA) is 46.2 Å². The average Bonchev–Trinajstić information content (AvgIpc) is 2.14. The number of benzene rings is 1. The van der Waals surface area contributed by atoms with Crippen molar-refractivity contribution in [3.05, 3.63) is 35.1 Å². The van der Waals surface area contributed by atoms with Crippen molar-refractivity contribution in [1.82, 2.24) is 0 Å². The van der Waals surface area contributed by atoms with E-state index in [-0.39, 0.29) is 23.6 Å². The number of nitrogens with two attached hydrogens (primary N) is 1. The Morgan fingerprint density at radius 1 is 1.29 bits per heavy atom. The lowest BCUT2D eigenvalue weighted by atomic mass is 9.82. The lowest BCUT2D eigenvalue weighted by Gasteiger charge is -2.31. The summed E-state index contributed by atoms with van der Waals surface area (Å²) < 4.78 is 13.7. The summed E-state index contributed by atoms with van der Waals surface area (Å²) in [5.41, 5.74) is 6.74. The Morgan fingerprint density at radius 3 is 2.24 bits per heavy atom. The van der Waals surface area contributed by atoms with Crippen molar-refractivity contribution in [3.63, 3.8) is 0 Å². The van der Waals surface area contributed by atoms with Crippen molar-refractivity contribution in [2.24, 2.45) is 11.1 Å². The van der Waals surface area contributed by atoms with Crippen LogP contribution in [-0.4, -0.2) is 11.2 Å². The molecule has 0 aromatic heterocycles. The Morgan fingerprint density at radius 2 is 1.82 bits per heavy atom. The summed E-state index contributed by atoms with van der Waals surface area (Å²) in [6.45, 7) is 7.45. The molecule has 17 heavy (non-hydrogen) atoms. The smallest absolute Gasteiger partial charge is 0.128 e. The fourth-order valence-corrected chi connectivity index (χ4v) is 1.61. The predicted octanol–water partition coefficient (Wildman–Crippen LogP) is 2.96. The van der Waals surface area contributed by atoms with Crippen LogP contribution in [0.15, 0.2) is 18.2 Å². The fraction of sp³-hybridized carbons (Fsp3) is 0.538. The van der Waals surface area contributed by atoms with Gasteiger partial charge in [-0.1, -0.05) is 32.9 Å². The quantitative estimate of drug-likeness (QED) is 0.860. The molecule has 4 heteroatoms. The molecule has 1 rings (SSSR count). The molecule has 0 heterocycles. The zero-order valence-electron chi connectivity index (χ0n) is 10.7. The molecule has 0 aliphatic heterocycles. The Kier molecular flexibility index (Phi) is 5.59. The number of aliphatic hydroxyl groups is 1. The van der Waals surface area contributed by atoms with E-state index in [2.05, 4.69) is 0 Å². The highest BCUT2D eigenvalue weighted by molar-refractivity contribution is 5.85. The molecule has 0 bridgehead atoms. The van der Waals surface area contributed by atoms with Crippen LogP contribution in [0.3, 0.4) is 0 Å². The molecule has 0 radical (unpaired) electrons. The molecule has 2 atom stereocenters. The molecule has 0 amide bonds. The highest BCUT2D eigenvalue weighted by Gasteiger charge is 2.30. The van der Waals surface area contributed by atoms with Crippen LogP contribution in [-0.2, 0) is 0 Å². The third-order valence-corrected chi connectivity index (χ3v) is 2.74. The number of hydrogen-bond acceptors (Lipinski definition) is 2. The van der Waals surface area contributed by atoms with Crippen molar-refractivity contribution < 1.29 is 9.50 Å². The third kappa shape index (κ3) is 3.95. The van der Waals surface area contributed by atoms with Gasteiger partial charge in [0.25, 0.3) is 0 Å². The molecular weight excluding hydrogens is 241 g/mol. The molecule has 0 aliphatic carbocycles. The third-order valence-electron chi connectivity index (χ3n) is 2.74. The SMILES string of the molecule is Cc1ccc([C@@H](N)[C@@H](O)C(C)(C)C)c(F)c1.Cl. The Balaban J connectivity index is 0.00000256. The van der Waals surface area contributed by atoms with Crippen molar-refractivity contribution in [2.75, 3.05) is 0 Å². The number of rotatable bonds is 2. The van der Waals surface area contributed by atoms with Crippen LogP contribution in [0.25, 0.3) is 0 Å². The molecule has 0 saturated carbocycles. The van der Waals surface area contributed by atoms with Crippen molar-refractivity contribution in [3.8, 4) is 0 Å². The first-order chi connectivity index (χ1) is 7.23. The van der Waals surface area contributed by atoms with Gasteiger partial charge in [0.1, 0.15) is 5.82 Å². The van der Waals surface area contributed by atoms with E-state index in [9.17, 15) is 9.50 Å². The minimum atomic E-state index is -0.773. The van der Waals surface area contributed by atoms with Crippen molar-refractivity contribution >= 4 is 12.4 Å². The first-order valence-corrected chi connectivity index (χ1v) is 5.43. The van der Waals surface area contributed by atoms with E-state index < -0.39 is 12.1 Å². The molecule has 98 valence electrons. The van der Waals surface area contributed by atoms with Crippen LogP contribution in [0.5, 0.6) is 0 Å². The molecule has 1 aromatic carbocycles. The van der Waals surface area contributed by atoms with Crippen LogP contribution in [0.2, 0.25) is 0 Å². The molecule has 0 aliphatic rings. The van der Waals surface area contributed by atoms with Gasteiger partial charge in [-0.2, -0.15) is 0 Å². The summed E-state index contributed by atoms with van der Waals surface area (Å²) in [7, 11) is 0. The van der Waals surface area contributed by atoms with Crippen LogP contribution in [0.4, 0.5) is 4.39 Å². The van der Waals surface area contributed by atoms with Gasteiger partial charge in [0, 0.05) is 5.56 Å². The maximum atomic E-state index is 13.7. The van der Waals surface area contributed by atoms with Gasteiger partial charge in [0.2, 0.25) is 0 Å². The van der Waals surface area contributed by atoms with Gasteiger partial charge in [0.15, 0.2) is 0 Å². The van der Waals surface area contributed by atoms with Crippen LogP contribution >= 0.6 is 12.4 Å². The second kappa shape index (κ2) is 5.80. The zero-order valence-corrected chi connectivity index (χ0v) is 11.5. The van der Waals surface area contributed by atoms with Crippen LogP contribution in [0, 0.1) is 18.2 Å². The molecule has 2 nitrogen and oxygen atoms in total. The minimum Gasteiger partial charge on any atom is -0.391 e. The number of aryl methyl sites for hydroxylation is 1. The lowest BCUT2D eigenvalue weighted by molar-refractivity contribution is 0.0391. The van der Waals surface area contributed by atoms with Gasteiger partial charge in [-0.25, -0.2) is 4.39 Å². The Hall–Kier alpha value is -0.640. The van der Waals surface area contributed by atoms with E-state index in [1.165, 1.54) is 6.07 Å². The number of aliphatic hydroxyl groups excluding tert-OH is 1. The highest BCUT2D eigenvalue weighted by Crippen LogP contribution is 2.29. The molecule has 3 N–H and O–H groups in total. The molecular formula is C13H21ClFNO. The summed E-state index contributed by atoms with van der Waals surface area (Å²) in [4.78, 5) is 0. The Bertz CT molecular complexity index is 376. The molecule has 0 fully saturated rings. The van der Waals surface area contributed by atoms with Crippen LogP contribution in [0.1, 0.15) is 37.9 Å². The first kappa shape index (κ1) is 16.4. The minimum absolute atomic E-state index is 0. The maximum Gasteiger partial charge on any atom is 0.128 e. The lowest BCUT2D eigenvalue weighted by Crippen LogP contribution is -2.37. The second-order valence-corrected chi connectivity index (χ2v) is 5.36. The Labute approximate surface area is 108 Å². The summed E-state index contributed by atoms with van der Waals surface area (Å²) >= 11 is 0. The van der Waals surface area contributed by atoms with Crippen molar-refractivity contribution in [1.29, 1.82) is 0 Å². The number of hydrogen-bond donors (Lipinski definition) is 2. The standard InChI is InChI=1S/C13H20FNO.ClH/c1-8-5-6-9(10(14)7-8)11(15)12(16)13(2,3)4;/h5-7,11-12,16H,15H2,1-4H3;1H/t11-,12-;/m1./s1. The largest absolute Gasteiger partial charge is 0.391 e. The van der Waals surface area contributed by atoms with E-state index in [0.717, 1.165) is 5.56 Å². The van der Waals surface area contributed by atoms with Gasteiger partial charge in [-0.15, -0.1) is 12.4 Å². The highest BCUT2D eigenvalue weighted by atomic mass is 35.5. The average molecular weight is 262 g/mol. The van der Waals surface area contributed by atoms with Gasteiger partial charge in [-0.05, 0) is 24.0 Å². The summed E-state index contributed by atoms with van der Waals surface area (Å²) in [5, 5.41) is 10.0. The van der Waals surface area contributed by atoms with Gasteiger partial charge < -0.3 is 10.8 Å². The summed E-state index contributed by atoms with van der Waals surface area (Å²) in [5.74, 6) is -0.351. The molecule has 0 saturated heterocycles. The molecule has 0 unspecified atom stereocenters. The molecule has 0 spiro atoms. The van der Waals surface area contributed by atoms with Crippen molar-refractivity contribution in [2.45, 2.75) is 39.8 Å².